The van der Waals surface area contributed by atoms with E-state index in [1.807, 2.05) is 6.26 Å². The number of rotatable bonds is 5. The van der Waals surface area contributed by atoms with Crippen LogP contribution in [-0.2, 0) is 5.75 Å². The predicted octanol–water partition coefficient (Wildman–Crippen LogP) is 4.98. The number of benzene rings is 1. The Morgan fingerprint density at radius 1 is 1.10 bits per heavy atom. The molecule has 0 unspecified atom stereocenters. The quantitative estimate of drug-likeness (QED) is 0.606. The number of aromatic nitrogens is 3. The minimum absolute atomic E-state index is 0.839. The van der Waals surface area contributed by atoms with Crippen molar-refractivity contribution in [1.29, 1.82) is 0 Å². The van der Waals surface area contributed by atoms with Crippen LogP contribution in [0.3, 0.4) is 0 Å². The zero-order chi connectivity index (χ0) is 14.7. The Morgan fingerprint density at radius 2 is 1.86 bits per heavy atom. The molecule has 2 aromatic heterocycles. The molecule has 0 amide bonds. The molecule has 3 rings (SSSR count). The lowest BCUT2D eigenvalue weighted by molar-refractivity contribution is 0.955. The van der Waals surface area contributed by atoms with Gasteiger partial charge in [0.15, 0.2) is 8.68 Å². The molecule has 0 radical (unpaired) electrons. The molecule has 0 aliphatic heterocycles. The van der Waals surface area contributed by atoms with Gasteiger partial charge in [-0.2, -0.15) is 0 Å². The number of nitrogens with zero attached hydrogens (tertiary/aromatic N) is 3. The second-order valence-electron chi connectivity index (χ2n) is 4.34. The van der Waals surface area contributed by atoms with Gasteiger partial charge in [-0.3, -0.25) is 0 Å². The summed E-state index contributed by atoms with van der Waals surface area (Å²) in [6.45, 7) is 2.10. The van der Waals surface area contributed by atoms with Crippen molar-refractivity contribution in [3.8, 4) is 10.6 Å². The van der Waals surface area contributed by atoms with Gasteiger partial charge in [-0.15, -0.1) is 21.5 Å². The summed E-state index contributed by atoms with van der Waals surface area (Å²) in [5.41, 5.74) is 3.55. The molecule has 0 aliphatic rings. The van der Waals surface area contributed by atoms with Gasteiger partial charge in [0.25, 0.3) is 0 Å². The molecular weight excluding hydrogens is 338 g/mol. The molecule has 0 spiro atoms. The van der Waals surface area contributed by atoms with Crippen molar-refractivity contribution >= 4 is 46.2 Å². The first kappa shape index (κ1) is 15.0. The van der Waals surface area contributed by atoms with Crippen LogP contribution >= 0.6 is 46.2 Å². The summed E-state index contributed by atoms with van der Waals surface area (Å²) in [5, 5.41) is 11.5. The molecule has 3 aromatic rings. The van der Waals surface area contributed by atoms with Crippen molar-refractivity contribution in [2.24, 2.45) is 0 Å². The SMILES string of the molecule is CSc1nnc(SCc2csc(-c3ccc(C)cc3)n2)s1. The molecule has 3 nitrogen and oxygen atoms in total. The molecule has 0 bridgehead atoms. The van der Waals surface area contributed by atoms with E-state index in [2.05, 4.69) is 46.8 Å². The molecule has 108 valence electrons. The molecule has 0 aliphatic carbocycles. The summed E-state index contributed by atoms with van der Waals surface area (Å²) in [7, 11) is 0. The van der Waals surface area contributed by atoms with E-state index >= 15 is 0 Å². The second-order valence-corrected chi connectivity index (χ2v) is 8.45. The van der Waals surface area contributed by atoms with Gasteiger partial charge in [0, 0.05) is 16.7 Å². The number of hydrogen-bond acceptors (Lipinski definition) is 7. The highest BCUT2D eigenvalue weighted by molar-refractivity contribution is 8.02. The Kier molecular flexibility index (Phi) is 4.95. The van der Waals surface area contributed by atoms with Crippen LogP contribution in [0.4, 0.5) is 0 Å². The van der Waals surface area contributed by atoms with Crippen molar-refractivity contribution < 1.29 is 0 Å². The molecule has 0 saturated carbocycles. The fraction of sp³-hybridized carbons (Fsp3) is 0.214. The lowest BCUT2D eigenvalue weighted by Gasteiger charge is -1.97. The molecule has 21 heavy (non-hydrogen) atoms. The number of hydrogen-bond donors (Lipinski definition) is 0. The minimum atomic E-state index is 0.839. The predicted molar refractivity (Wildman–Crippen MR) is 93.5 cm³/mol. The average molecular weight is 352 g/mol. The van der Waals surface area contributed by atoms with E-state index in [0.29, 0.717) is 0 Å². The van der Waals surface area contributed by atoms with Crippen LogP contribution in [0.15, 0.2) is 38.3 Å². The highest BCUT2D eigenvalue weighted by Gasteiger charge is 2.08. The van der Waals surface area contributed by atoms with Crippen LogP contribution in [0.2, 0.25) is 0 Å². The van der Waals surface area contributed by atoms with Crippen molar-refractivity contribution in [2.45, 2.75) is 21.4 Å². The molecule has 0 N–H and O–H groups in total. The summed E-state index contributed by atoms with van der Waals surface area (Å²) in [5.74, 6) is 0.839. The van der Waals surface area contributed by atoms with E-state index < -0.39 is 0 Å². The maximum atomic E-state index is 4.70. The maximum Gasteiger partial charge on any atom is 0.175 e. The van der Waals surface area contributed by atoms with Crippen LogP contribution in [0.5, 0.6) is 0 Å². The standard InChI is InChI=1S/C14H13N3S4/c1-9-3-5-10(6-4-9)12-15-11(7-19-12)8-20-14-17-16-13(18-2)21-14/h3-7H,8H2,1-2H3. The number of thioether (sulfide) groups is 2. The fourth-order valence-electron chi connectivity index (χ4n) is 1.68. The third-order valence-corrected chi connectivity index (χ3v) is 6.76. The Bertz CT molecular complexity index is 718. The first-order valence-corrected chi connectivity index (χ1v) is 10.2. The van der Waals surface area contributed by atoms with E-state index in [9.17, 15) is 0 Å². The summed E-state index contributed by atoms with van der Waals surface area (Å²) < 4.78 is 2.01. The highest BCUT2D eigenvalue weighted by Crippen LogP contribution is 2.31. The second kappa shape index (κ2) is 6.91. The average Bonchev–Trinajstić information content (AvgIpc) is 3.15. The Balaban J connectivity index is 1.66. The fourth-order valence-corrected chi connectivity index (χ4v) is 4.94. The zero-order valence-corrected chi connectivity index (χ0v) is 14.8. The Hall–Kier alpha value is -0.890. The van der Waals surface area contributed by atoms with Crippen LogP contribution in [0.1, 0.15) is 11.3 Å². The van der Waals surface area contributed by atoms with Gasteiger partial charge in [-0.1, -0.05) is 64.7 Å². The van der Waals surface area contributed by atoms with E-state index in [-0.39, 0.29) is 0 Å². The van der Waals surface area contributed by atoms with Gasteiger partial charge < -0.3 is 0 Å². The van der Waals surface area contributed by atoms with Crippen molar-refractivity contribution in [2.75, 3.05) is 6.26 Å². The Labute approximate surface area is 140 Å². The van der Waals surface area contributed by atoms with E-state index in [4.69, 9.17) is 4.98 Å². The van der Waals surface area contributed by atoms with Crippen LogP contribution in [0, 0.1) is 6.92 Å². The first-order valence-electron chi connectivity index (χ1n) is 6.26. The van der Waals surface area contributed by atoms with Gasteiger partial charge >= 0.3 is 0 Å². The van der Waals surface area contributed by atoms with E-state index in [1.54, 1.807) is 46.2 Å². The third kappa shape index (κ3) is 3.85. The summed E-state index contributed by atoms with van der Waals surface area (Å²) in [6, 6.07) is 8.49. The molecule has 0 atom stereocenters. The normalized spacial score (nSPS) is 11.0. The highest BCUT2D eigenvalue weighted by atomic mass is 32.2. The maximum absolute atomic E-state index is 4.70. The Morgan fingerprint density at radius 3 is 2.57 bits per heavy atom. The lowest BCUT2D eigenvalue weighted by Crippen LogP contribution is -1.82. The van der Waals surface area contributed by atoms with Crippen LogP contribution in [-0.4, -0.2) is 21.4 Å². The monoisotopic (exact) mass is 351 g/mol. The van der Waals surface area contributed by atoms with Gasteiger partial charge in [-0.25, -0.2) is 4.98 Å². The summed E-state index contributed by atoms with van der Waals surface area (Å²) >= 11 is 6.66. The summed E-state index contributed by atoms with van der Waals surface area (Å²) in [4.78, 5) is 4.70. The van der Waals surface area contributed by atoms with Gasteiger partial charge in [-0.05, 0) is 13.2 Å². The smallest absolute Gasteiger partial charge is 0.175 e. The van der Waals surface area contributed by atoms with Gasteiger partial charge in [0.1, 0.15) is 5.01 Å². The van der Waals surface area contributed by atoms with Crippen molar-refractivity contribution in [3.05, 3.63) is 40.9 Å². The molecule has 2 heterocycles. The number of aryl methyl sites for hydroxylation is 1. The lowest BCUT2D eigenvalue weighted by atomic mass is 10.2. The molecule has 7 heteroatoms. The first-order chi connectivity index (χ1) is 10.2. The zero-order valence-electron chi connectivity index (χ0n) is 11.6. The van der Waals surface area contributed by atoms with Crippen molar-refractivity contribution in [3.63, 3.8) is 0 Å². The molecular formula is C14H13N3S4. The third-order valence-electron chi connectivity index (χ3n) is 2.76. The molecule has 0 saturated heterocycles. The molecule has 1 aromatic carbocycles. The van der Waals surface area contributed by atoms with Crippen LogP contribution in [0.25, 0.3) is 10.6 Å². The topological polar surface area (TPSA) is 38.7 Å². The molecule has 0 fully saturated rings. The van der Waals surface area contributed by atoms with Gasteiger partial charge in [0.05, 0.1) is 5.69 Å². The van der Waals surface area contributed by atoms with Crippen molar-refractivity contribution in [1.82, 2.24) is 15.2 Å². The van der Waals surface area contributed by atoms with E-state index in [1.165, 1.54) is 11.1 Å². The largest absolute Gasteiger partial charge is 0.240 e. The van der Waals surface area contributed by atoms with Gasteiger partial charge in [0.2, 0.25) is 0 Å². The minimum Gasteiger partial charge on any atom is -0.240 e. The van der Waals surface area contributed by atoms with E-state index in [0.717, 1.165) is 25.1 Å². The number of thiazole rings is 1. The summed E-state index contributed by atoms with van der Waals surface area (Å²) in [6.07, 6.45) is 2.02. The van der Waals surface area contributed by atoms with Crippen LogP contribution < -0.4 is 0 Å².